The maximum atomic E-state index is 12.4. The van der Waals surface area contributed by atoms with Crippen molar-refractivity contribution in [3.63, 3.8) is 0 Å². The Morgan fingerprint density at radius 1 is 1.07 bits per heavy atom. The first kappa shape index (κ1) is 20.4. The summed E-state index contributed by atoms with van der Waals surface area (Å²) in [5, 5.41) is 5.40. The predicted octanol–water partition coefficient (Wildman–Crippen LogP) is 3.25. The molecular formula is C18H17ClF2N2O4. The van der Waals surface area contributed by atoms with Crippen LogP contribution in [0.15, 0.2) is 42.5 Å². The summed E-state index contributed by atoms with van der Waals surface area (Å²) < 4.78 is 34.1. The van der Waals surface area contributed by atoms with Crippen LogP contribution in [0.3, 0.4) is 0 Å². The number of hydrogen-bond donors (Lipinski definition) is 2. The normalized spacial score (nSPS) is 10.4. The molecule has 0 aromatic heterocycles. The Morgan fingerprint density at radius 3 is 2.41 bits per heavy atom. The van der Waals surface area contributed by atoms with Gasteiger partial charge < -0.3 is 20.1 Å². The summed E-state index contributed by atoms with van der Waals surface area (Å²) in [6, 6.07) is 11.0. The van der Waals surface area contributed by atoms with Crippen molar-refractivity contribution in [2.75, 3.05) is 19.0 Å². The minimum atomic E-state index is -3.05. The largest absolute Gasteiger partial charge is 0.493 e. The number of halogens is 3. The van der Waals surface area contributed by atoms with E-state index in [-0.39, 0.29) is 23.7 Å². The molecule has 0 saturated heterocycles. The highest BCUT2D eigenvalue weighted by atomic mass is 35.5. The van der Waals surface area contributed by atoms with Gasteiger partial charge in [0.25, 0.3) is 0 Å². The minimum absolute atomic E-state index is 0.0701. The molecule has 2 N–H and O–H groups in total. The Balaban J connectivity index is 1.89. The molecule has 0 unspecified atom stereocenters. The molecule has 0 fully saturated rings. The van der Waals surface area contributed by atoms with E-state index >= 15 is 0 Å². The molecule has 2 amide bonds. The van der Waals surface area contributed by atoms with Gasteiger partial charge in [0.1, 0.15) is 0 Å². The summed E-state index contributed by atoms with van der Waals surface area (Å²) in [7, 11) is 1.29. The molecule has 9 heteroatoms. The van der Waals surface area contributed by atoms with E-state index in [9.17, 15) is 18.4 Å². The Bertz CT molecular complexity index is 800. The third-order valence-electron chi connectivity index (χ3n) is 3.46. The number of benzene rings is 2. The number of hydrogen-bond acceptors (Lipinski definition) is 4. The number of methoxy groups -OCH3 is 1. The van der Waals surface area contributed by atoms with Gasteiger partial charge >= 0.3 is 18.4 Å². The van der Waals surface area contributed by atoms with Crippen molar-refractivity contribution in [1.29, 1.82) is 0 Å². The standard InChI is InChI=1S/C18H17ClF2N2O4/c1-26-14-7-6-13(10-15(14)27-18(20)21)23-17(25)16(24)22-9-8-11-2-4-12(19)5-3-11/h2-7,10,18H,8-9H2,1H3,(H,22,24)(H,23,25). The van der Waals surface area contributed by atoms with Crippen LogP contribution in [-0.2, 0) is 16.0 Å². The monoisotopic (exact) mass is 398 g/mol. The summed E-state index contributed by atoms with van der Waals surface area (Å²) >= 11 is 5.79. The number of amides is 2. The van der Waals surface area contributed by atoms with Crippen LogP contribution in [-0.4, -0.2) is 32.1 Å². The van der Waals surface area contributed by atoms with Crippen LogP contribution in [0.1, 0.15) is 5.56 Å². The van der Waals surface area contributed by atoms with Gasteiger partial charge in [0.05, 0.1) is 7.11 Å². The fraction of sp³-hybridized carbons (Fsp3) is 0.222. The zero-order valence-electron chi connectivity index (χ0n) is 14.3. The topological polar surface area (TPSA) is 76.7 Å². The highest BCUT2D eigenvalue weighted by Crippen LogP contribution is 2.31. The molecular weight excluding hydrogens is 382 g/mol. The van der Waals surface area contributed by atoms with Crippen LogP contribution >= 0.6 is 11.6 Å². The molecule has 2 rings (SSSR count). The lowest BCUT2D eigenvalue weighted by molar-refractivity contribution is -0.136. The Morgan fingerprint density at radius 2 is 1.78 bits per heavy atom. The Labute approximate surface area is 159 Å². The van der Waals surface area contributed by atoms with Crippen molar-refractivity contribution in [1.82, 2.24) is 5.32 Å². The average Bonchev–Trinajstić information content (AvgIpc) is 2.63. The maximum Gasteiger partial charge on any atom is 0.387 e. The van der Waals surface area contributed by atoms with Crippen LogP contribution in [0.25, 0.3) is 0 Å². The number of carbonyl (C=O) groups is 2. The molecule has 0 spiro atoms. The van der Waals surface area contributed by atoms with Crippen LogP contribution < -0.4 is 20.1 Å². The molecule has 2 aromatic rings. The number of ether oxygens (including phenoxy) is 2. The fourth-order valence-corrected chi connectivity index (χ4v) is 2.31. The summed E-state index contributed by atoms with van der Waals surface area (Å²) in [6.45, 7) is -2.81. The first-order valence-electron chi connectivity index (χ1n) is 7.85. The number of nitrogens with one attached hydrogen (secondary N) is 2. The van der Waals surface area contributed by atoms with Crippen molar-refractivity contribution in [3.8, 4) is 11.5 Å². The SMILES string of the molecule is COc1ccc(NC(=O)C(=O)NCCc2ccc(Cl)cc2)cc1OC(F)F. The Kier molecular flexibility index (Phi) is 7.36. The zero-order valence-corrected chi connectivity index (χ0v) is 15.1. The summed E-state index contributed by atoms with van der Waals surface area (Å²) in [5.41, 5.74) is 1.06. The van der Waals surface area contributed by atoms with E-state index in [0.29, 0.717) is 11.4 Å². The second-order valence-electron chi connectivity index (χ2n) is 5.33. The van der Waals surface area contributed by atoms with Crippen molar-refractivity contribution in [3.05, 3.63) is 53.1 Å². The number of anilines is 1. The molecule has 0 atom stereocenters. The number of alkyl halides is 2. The Hall–Kier alpha value is -2.87. The zero-order chi connectivity index (χ0) is 19.8. The first-order valence-corrected chi connectivity index (χ1v) is 8.23. The van der Waals surface area contributed by atoms with Crippen LogP contribution in [0.5, 0.6) is 11.5 Å². The third-order valence-corrected chi connectivity index (χ3v) is 3.71. The second kappa shape index (κ2) is 9.72. The molecule has 144 valence electrons. The van der Waals surface area contributed by atoms with Crippen LogP contribution in [0.4, 0.5) is 14.5 Å². The van der Waals surface area contributed by atoms with Gasteiger partial charge in [-0.1, -0.05) is 23.7 Å². The van der Waals surface area contributed by atoms with Crippen molar-refractivity contribution in [2.24, 2.45) is 0 Å². The van der Waals surface area contributed by atoms with E-state index in [2.05, 4.69) is 15.4 Å². The van der Waals surface area contributed by atoms with Crippen LogP contribution in [0.2, 0.25) is 5.02 Å². The van der Waals surface area contributed by atoms with Gasteiger partial charge in [-0.25, -0.2) is 0 Å². The molecule has 0 radical (unpaired) electrons. The van der Waals surface area contributed by atoms with E-state index in [1.54, 1.807) is 12.1 Å². The van der Waals surface area contributed by atoms with Gasteiger partial charge in [0.2, 0.25) is 0 Å². The van der Waals surface area contributed by atoms with Gasteiger partial charge in [0, 0.05) is 23.3 Å². The van der Waals surface area contributed by atoms with Crippen LogP contribution in [0, 0.1) is 0 Å². The van der Waals surface area contributed by atoms with Gasteiger partial charge in [-0.05, 0) is 36.2 Å². The summed E-state index contributed by atoms with van der Waals surface area (Å²) in [6.07, 6.45) is 0.519. The molecule has 0 aliphatic carbocycles. The van der Waals surface area contributed by atoms with E-state index in [0.717, 1.165) is 11.6 Å². The van der Waals surface area contributed by atoms with Crippen molar-refractivity contribution in [2.45, 2.75) is 13.0 Å². The summed E-state index contributed by atoms with van der Waals surface area (Å²) in [5.74, 6) is -1.97. The lowest BCUT2D eigenvalue weighted by Crippen LogP contribution is -2.36. The maximum absolute atomic E-state index is 12.4. The molecule has 0 aliphatic heterocycles. The average molecular weight is 399 g/mol. The molecule has 6 nitrogen and oxygen atoms in total. The van der Waals surface area contributed by atoms with Gasteiger partial charge in [-0.3, -0.25) is 9.59 Å². The van der Waals surface area contributed by atoms with E-state index < -0.39 is 18.4 Å². The lowest BCUT2D eigenvalue weighted by atomic mass is 10.1. The van der Waals surface area contributed by atoms with Gasteiger partial charge in [-0.2, -0.15) is 8.78 Å². The summed E-state index contributed by atoms with van der Waals surface area (Å²) in [4.78, 5) is 23.8. The van der Waals surface area contributed by atoms with E-state index in [4.69, 9.17) is 16.3 Å². The fourth-order valence-electron chi connectivity index (χ4n) is 2.18. The third kappa shape index (κ3) is 6.41. The van der Waals surface area contributed by atoms with Crippen molar-refractivity contribution < 1.29 is 27.8 Å². The van der Waals surface area contributed by atoms with E-state index in [1.807, 2.05) is 12.1 Å². The quantitative estimate of drug-likeness (QED) is 0.702. The van der Waals surface area contributed by atoms with E-state index in [1.165, 1.54) is 19.2 Å². The molecule has 0 bridgehead atoms. The predicted molar refractivity (Wildman–Crippen MR) is 96.4 cm³/mol. The van der Waals surface area contributed by atoms with Crippen molar-refractivity contribution >= 4 is 29.1 Å². The molecule has 2 aromatic carbocycles. The first-order chi connectivity index (χ1) is 12.9. The molecule has 27 heavy (non-hydrogen) atoms. The number of rotatable bonds is 7. The van der Waals surface area contributed by atoms with Gasteiger partial charge in [-0.15, -0.1) is 0 Å². The highest BCUT2D eigenvalue weighted by Gasteiger charge is 2.16. The lowest BCUT2D eigenvalue weighted by Gasteiger charge is -2.12. The minimum Gasteiger partial charge on any atom is -0.493 e. The van der Waals surface area contributed by atoms with Gasteiger partial charge in [0.15, 0.2) is 11.5 Å². The number of carbonyl (C=O) groups excluding carboxylic acids is 2. The molecule has 0 saturated carbocycles. The highest BCUT2D eigenvalue weighted by molar-refractivity contribution is 6.39. The second-order valence-corrected chi connectivity index (χ2v) is 5.77. The smallest absolute Gasteiger partial charge is 0.387 e. The molecule has 0 heterocycles. The molecule has 0 aliphatic rings.